The highest BCUT2D eigenvalue weighted by Crippen LogP contribution is 2.36. The molecule has 8 nitrogen and oxygen atoms in total. The zero-order valence-corrected chi connectivity index (χ0v) is 22.5. The molecule has 190 valence electrons. The molecular weight excluding hydrogens is 520 g/mol. The Kier molecular flexibility index (Phi) is 7.76. The van der Waals surface area contributed by atoms with Crippen LogP contribution in [-0.4, -0.2) is 48.2 Å². The van der Waals surface area contributed by atoms with E-state index in [0.29, 0.717) is 42.2 Å². The number of nitrogens with zero attached hydrogens (tertiary/aromatic N) is 3. The first kappa shape index (κ1) is 26.6. The number of hydrogen-bond donors (Lipinski definition) is 1. The first-order valence-corrected chi connectivity index (χ1v) is 14.5. The van der Waals surface area contributed by atoms with E-state index in [1.165, 1.54) is 22.5 Å². The molecule has 2 aromatic rings. The second kappa shape index (κ2) is 10.5. The van der Waals surface area contributed by atoms with Crippen molar-refractivity contribution < 1.29 is 18.0 Å². The van der Waals surface area contributed by atoms with Gasteiger partial charge in [0.1, 0.15) is 11.1 Å². The van der Waals surface area contributed by atoms with Gasteiger partial charge in [0.2, 0.25) is 15.9 Å². The van der Waals surface area contributed by atoms with Crippen molar-refractivity contribution in [2.24, 2.45) is 5.41 Å². The van der Waals surface area contributed by atoms with Crippen molar-refractivity contribution in [3.63, 3.8) is 0 Å². The van der Waals surface area contributed by atoms with Gasteiger partial charge in [0.25, 0.3) is 0 Å². The summed E-state index contributed by atoms with van der Waals surface area (Å²) in [6, 6.07) is 7.90. The number of pyridine rings is 1. The lowest BCUT2D eigenvalue weighted by molar-refractivity contribution is -0.113. The summed E-state index contributed by atoms with van der Waals surface area (Å²) in [6.45, 7) is 4.94. The van der Waals surface area contributed by atoms with Crippen molar-refractivity contribution >= 4 is 50.8 Å². The number of nitriles is 1. The quantitative estimate of drug-likeness (QED) is 0.523. The number of Topliss-reactive ketones (excluding diaryl/α,β-unsaturated/α-hetero) is 1. The van der Waals surface area contributed by atoms with Crippen LogP contribution < -0.4 is 5.32 Å². The third kappa shape index (κ3) is 5.75. The zero-order valence-electron chi connectivity index (χ0n) is 20.1. The largest absolute Gasteiger partial charge is 0.324 e. The molecule has 1 aromatic carbocycles. The topological polar surface area (TPSA) is 120 Å². The van der Waals surface area contributed by atoms with Gasteiger partial charge in [-0.3, -0.25) is 9.59 Å². The number of fused-ring (bicyclic) bond motifs is 1. The fourth-order valence-corrected chi connectivity index (χ4v) is 6.96. The number of halogens is 1. The fourth-order valence-electron chi connectivity index (χ4n) is 4.48. The Labute approximate surface area is 220 Å². The molecule has 0 saturated carbocycles. The number of thioether (sulfide) groups is 1. The Balaban J connectivity index is 1.49. The summed E-state index contributed by atoms with van der Waals surface area (Å²) in [7, 11) is -3.68. The van der Waals surface area contributed by atoms with E-state index in [1.807, 2.05) is 13.8 Å². The molecule has 1 N–H and O–H groups in total. The molecule has 0 unspecified atom stereocenters. The van der Waals surface area contributed by atoms with Gasteiger partial charge in [-0.05, 0) is 48.9 Å². The van der Waals surface area contributed by atoms with Crippen molar-refractivity contribution in [2.75, 3.05) is 24.2 Å². The molecule has 1 aliphatic carbocycles. The monoisotopic (exact) mass is 546 g/mol. The predicted octanol–water partition coefficient (Wildman–Crippen LogP) is 4.67. The highest BCUT2D eigenvalue weighted by atomic mass is 35.5. The van der Waals surface area contributed by atoms with E-state index in [2.05, 4.69) is 16.4 Å². The third-order valence-corrected chi connectivity index (χ3v) is 9.49. The average Bonchev–Trinajstić information content (AvgIpc) is 2.83. The SMILES string of the molecule is CC1(C)CC(=O)c2cc(C#N)c(SCC(=O)Nc3cc(S(=O)(=O)N4CCCCC4)ccc3Cl)nc2C1. The first-order valence-electron chi connectivity index (χ1n) is 11.7. The van der Waals surface area contributed by atoms with Crippen molar-refractivity contribution in [1.29, 1.82) is 5.26 Å². The molecule has 1 amide bonds. The summed E-state index contributed by atoms with van der Waals surface area (Å²) in [5, 5.41) is 12.8. The van der Waals surface area contributed by atoms with Crippen LogP contribution >= 0.6 is 23.4 Å². The number of amides is 1. The van der Waals surface area contributed by atoms with Gasteiger partial charge in [0.05, 0.1) is 32.6 Å². The minimum Gasteiger partial charge on any atom is -0.324 e. The molecule has 4 rings (SSSR count). The number of sulfonamides is 1. The van der Waals surface area contributed by atoms with Gasteiger partial charge >= 0.3 is 0 Å². The molecule has 11 heteroatoms. The highest BCUT2D eigenvalue weighted by molar-refractivity contribution is 8.00. The van der Waals surface area contributed by atoms with Crippen LogP contribution in [0.1, 0.15) is 61.1 Å². The lowest BCUT2D eigenvalue weighted by Gasteiger charge is -2.29. The normalized spacial score (nSPS) is 17.8. The van der Waals surface area contributed by atoms with Crippen LogP contribution in [0.4, 0.5) is 5.69 Å². The van der Waals surface area contributed by atoms with Crippen molar-refractivity contribution in [3.8, 4) is 6.07 Å². The number of nitrogens with one attached hydrogen (secondary N) is 1. The highest BCUT2D eigenvalue weighted by Gasteiger charge is 2.33. The summed E-state index contributed by atoms with van der Waals surface area (Å²) in [4.78, 5) is 29.9. The number of anilines is 1. The van der Waals surface area contributed by atoms with E-state index in [0.717, 1.165) is 31.0 Å². The van der Waals surface area contributed by atoms with Crippen LogP contribution in [0.3, 0.4) is 0 Å². The van der Waals surface area contributed by atoms with Gasteiger partial charge in [0, 0.05) is 25.1 Å². The van der Waals surface area contributed by atoms with Gasteiger partial charge in [-0.2, -0.15) is 9.57 Å². The maximum Gasteiger partial charge on any atom is 0.243 e. The molecule has 1 aromatic heterocycles. The molecule has 1 saturated heterocycles. The molecule has 1 fully saturated rings. The van der Waals surface area contributed by atoms with Crippen LogP contribution in [0.2, 0.25) is 5.02 Å². The van der Waals surface area contributed by atoms with Gasteiger partial charge in [-0.1, -0.05) is 43.6 Å². The molecule has 0 spiro atoms. The number of hydrogen-bond acceptors (Lipinski definition) is 7. The Morgan fingerprint density at radius 1 is 1.22 bits per heavy atom. The molecule has 2 heterocycles. The van der Waals surface area contributed by atoms with Crippen LogP contribution in [-0.2, 0) is 21.2 Å². The molecule has 1 aliphatic heterocycles. The third-order valence-electron chi connectivity index (χ3n) is 6.28. The summed E-state index contributed by atoms with van der Waals surface area (Å²) in [6.07, 6.45) is 3.65. The summed E-state index contributed by atoms with van der Waals surface area (Å²) in [5.74, 6) is -0.528. The number of carbonyl (C=O) groups is 2. The maximum absolute atomic E-state index is 13.0. The number of ketones is 1. The maximum atomic E-state index is 13.0. The number of carbonyl (C=O) groups excluding carboxylic acids is 2. The van der Waals surface area contributed by atoms with Gasteiger partial charge in [-0.15, -0.1) is 0 Å². The number of aromatic nitrogens is 1. The lowest BCUT2D eigenvalue weighted by Crippen LogP contribution is -2.35. The Morgan fingerprint density at radius 3 is 2.64 bits per heavy atom. The summed E-state index contributed by atoms with van der Waals surface area (Å²) in [5.41, 5.74) is 1.33. The Hall–Kier alpha value is -2.45. The second-order valence-electron chi connectivity index (χ2n) is 9.83. The molecule has 0 radical (unpaired) electrons. The van der Waals surface area contributed by atoms with Crippen LogP contribution in [0.25, 0.3) is 0 Å². The first-order chi connectivity index (χ1) is 17.0. The van der Waals surface area contributed by atoms with Gasteiger partial charge in [-0.25, -0.2) is 13.4 Å². The minimum absolute atomic E-state index is 0.0337. The van der Waals surface area contributed by atoms with E-state index in [4.69, 9.17) is 11.6 Å². The lowest BCUT2D eigenvalue weighted by atomic mass is 9.75. The molecule has 2 aliphatic rings. The molecule has 0 atom stereocenters. The number of piperidine rings is 1. The van der Waals surface area contributed by atoms with Gasteiger partial charge < -0.3 is 5.32 Å². The number of rotatable bonds is 6. The number of benzene rings is 1. The van der Waals surface area contributed by atoms with E-state index in [-0.39, 0.29) is 38.1 Å². The van der Waals surface area contributed by atoms with Crippen LogP contribution in [0.15, 0.2) is 34.2 Å². The van der Waals surface area contributed by atoms with E-state index < -0.39 is 15.9 Å². The summed E-state index contributed by atoms with van der Waals surface area (Å²) >= 11 is 7.33. The fraction of sp³-hybridized carbons (Fsp3) is 0.440. The minimum atomic E-state index is -3.68. The van der Waals surface area contributed by atoms with Crippen molar-refractivity contribution in [2.45, 2.75) is 55.9 Å². The zero-order chi connectivity index (χ0) is 26.1. The van der Waals surface area contributed by atoms with Crippen molar-refractivity contribution in [1.82, 2.24) is 9.29 Å². The Morgan fingerprint density at radius 2 is 1.94 bits per heavy atom. The van der Waals surface area contributed by atoms with E-state index >= 15 is 0 Å². The average molecular weight is 547 g/mol. The van der Waals surface area contributed by atoms with E-state index in [1.54, 1.807) is 6.07 Å². The van der Waals surface area contributed by atoms with Gasteiger partial charge in [0.15, 0.2) is 5.78 Å². The second-order valence-corrected chi connectivity index (χ2v) is 13.1. The molecule has 0 bridgehead atoms. The smallest absolute Gasteiger partial charge is 0.243 e. The van der Waals surface area contributed by atoms with Crippen LogP contribution in [0.5, 0.6) is 0 Å². The summed E-state index contributed by atoms with van der Waals surface area (Å²) < 4.78 is 27.5. The van der Waals surface area contributed by atoms with Crippen LogP contribution in [0, 0.1) is 16.7 Å². The molecular formula is C25H27ClN4O4S2. The van der Waals surface area contributed by atoms with Crippen molar-refractivity contribution in [3.05, 3.63) is 46.1 Å². The predicted molar refractivity (Wildman–Crippen MR) is 139 cm³/mol. The molecule has 36 heavy (non-hydrogen) atoms. The Bertz CT molecular complexity index is 1360. The van der Waals surface area contributed by atoms with E-state index in [9.17, 15) is 23.3 Å². The standard InChI is InChI=1S/C25H27ClN4O4S2/c1-25(2)12-21-18(22(31)13-25)10-16(14-27)24(29-21)35-15-23(32)28-20-11-17(6-7-19(20)26)36(33,34)30-8-4-3-5-9-30/h6-7,10-11H,3-5,8-9,12-13,15H2,1-2H3,(H,28,32).